The van der Waals surface area contributed by atoms with Gasteiger partial charge in [0, 0.05) is 0 Å². The van der Waals surface area contributed by atoms with E-state index < -0.39 is 9.84 Å². The number of hydrogen-bond acceptors (Lipinski definition) is 2. The highest BCUT2D eigenvalue weighted by Gasteiger charge is 2.15. The lowest BCUT2D eigenvalue weighted by atomic mass is 10.1. The molecule has 0 atom stereocenters. The monoisotopic (exact) mass is 334 g/mol. The van der Waals surface area contributed by atoms with Gasteiger partial charge in [0.05, 0.1) is 9.80 Å². The van der Waals surface area contributed by atoms with Gasteiger partial charge in [-0.2, -0.15) is 0 Å². The average Bonchev–Trinajstić information content (AvgIpc) is 2.57. The maximum absolute atomic E-state index is 12.3. The third kappa shape index (κ3) is 7.65. The van der Waals surface area contributed by atoms with Crippen molar-refractivity contribution in [1.82, 2.24) is 0 Å². The van der Waals surface area contributed by atoms with Gasteiger partial charge >= 0.3 is 0 Å². The Hall–Kier alpha value is -1.35. The Morgan fingerprint density at radius 2 is 1.52 bits per heavy atom. The molecule has 0 bridgehead atoms. The summed E-state index contributed by atoms with van der Waals surface area (Å²) in [6, 6.07) is 8.47. The first-order chi connectivity index (χ1) is 11.1. The maximum Gasteiger partial charge on any atom is 0.205 e. The zero-order chi connectivity index (χ0) is 17.0. The molecular formula is C20H30O2S. The second-order valence-corrected chi connectivity index (χ2v) is 7.95. The van der Waals surface area contributed by atoms with Gasteiger partial charge in [-0.05, 0) is 31.1 Å². The molecule has 23 heavy (non-hydrogen) atoms. The van der Waals surface area contributed by atoms with Gasteiger partial charge in [0.25, 0.3) is 0 Å². The lowest BCUT2D eigenvalue weighted by Crippen LogP contribution is -2.01. The molecule has 0 N–H and O–H groups in total. The molecule has 1 aromatic carbocycles. The van der Waals surface area contributed by atoms with Gasteiger partial charge in [0.15, 0.2) is 0 Å². The summed E-state index contributed by atoms with van der Waals surface area (Å²) in [5.41, 5.74) is 0. The van der Waals surface area contributed by atoms with Crippen molar-refractivity contribution in [3.05, 3.63) is 54.0 Å². The summed E-state index contributed by atoms with van der Waals surface area (Å²) in [5, 5.41) is 0. The minimum Gasteiger partial charge on any atom is -0.219 e. The molecule has 0 aliphatic heterocycles. The summed E-state index contributed by atoms with van der Waals surface area (Å²) in [5.74, 6) is 0. The van der Waals surface area contributed by atoms with Crippen LogP contribution in [-0.2, 0) is 9.84 Å². The van der Waals surface area contributed by atoms with Gasteiger partial charge in [0.2, 0.25) is 9.84 Å². The van der Waals surface area contributed by atoms with Crippen LogP contribution in [0.2, 0.25) is 0 Å². The minimum absolute atomic E-state index is 0.170. The number of unbranched alkanes of at least 4 members (excludes halogenated alkanes) is 8. The smallest absolute Gasteiger partial charge is 0.205 e. The summed E-state index contributed by atoms with van der Waals surface area (Å²) < 4.78 is 24.5. The first-order valence-electron chi connectivity index (χ1n) is 8.74. The van der Waals surface area contributed by atoms with E-state index in [0.29, 0.717) is 4.90 Å². The molecule has 0 saturated heterocycles. The Labute approximate surface area is 142 Å². The van der Waals surface area contributed by atoms with E-state index in [1.165, 1.54) is 44.9 Å². The molecule has 0 aliphatic carbocycles. The van der Waals surface area contributed by atoms with E-state index in [-0.39, 0.29) is 4.91 Å². The number of hydrogen-bond donors (Lipinski definition) is 0. The van der Waals surface area contributed by atoms with Crippen molar-refractivity contribution in [3.63, 3.8) is 0 Å². The van der Waals surface area contributed by atoms with Gasteiger partial charge in [-0.1, -0.05) is 82.7 Å². The van der Waals surface area contributed by atoms with E-state index >= 15 is 0 Å². The summed E-state index contributed by atoms with van der Waals surface area (Å²) in [6.45, 7) is 5.94. The van der Waals surface area contributed by atoms with Gasteiger partial charge in [-0.3, -0.25) is 0 Å². The molecule has 128 valence electrons. The highest BCUT2D eigenvalue weighted by atomic mass is 32.2. The maximum atomic E-state index is 12.3. The number of allylic oxidation sites excluding steroid dienone is 2. The van der Waals surface area contributed by atoms with Crippen LogP contribution in [0.1, 0.15) is 64.7 Å². The molecule has 0 aromatic heterocycles. The van der Waals surface area contributed by atoms with Crippen molar-refractivity contribution in [3.8, 4) is 0 Å². The molecule has 0 saturated carbocycles. The van der Waals surface area contributed by atoms with E-state index in [1.807, 2.05) is 6.08 Å². The van der Waals surface area contributed by atoms with E-state index in [9.17, 15) is 8.42 Å². The molecule has 1 rings (SSSR count). The third-order valence-electron chi connectivity index (χ3n) is 3.93. The highest BCUT2D eigenvalue weighted by molar-refractivity contribution is 7.95. The zero-order valence-corrected chi connectivity index (χ0v) is 15.2. The molecule has 0 fully saturated rings. The molecule has 3 heteroatoms. The van der Waals surface area contributed by atoms with Crippen LogP contribution < -0.4 is 0 Å². The van der Waals surface area contributed by atoms with Gasteiger partial charge in [0.1, 0.15) is 0 Å². The van der Waals surface area contributed by atoms with Crippen molar-refractivity contribution in [2.45, 2.75) is 69.6 Å². The summed E-state index contributed by atoms with van der Waals surface area (Å²) in [7, 11) is -3.43. The van der Waals surface area contributed by atoms with Gasteiger partial charge in [-0.15, -0.1) is 0 Å². The summed E-state index contributed by atoms with van der Waals surface area (Å²) >= 11 is 0. The first-order valence-corrected chi connectivity index (χ1v) is 10.2. The van der Waals surface area contributed by atoms with Crippen LogP contribution in [0.15, 0.2) is 58.9 Å². The molecular weight excluding hydrogens is 304 g/mol. The number of rotatable bonds is 12. The lowest BCUT2D eigenvalue weighted by molar-refractivity contribution is 0.577. The van der Waals surface area contributed by atoms with Crippen molar-refractivity contribution in [2.24, 2.45) is 0 Å². The number of benzene rings is 1. The van der Waals surface area contributed by atoms with Crippen LogP contribution in [0.5, 0.6) is 0 Å². The predicted octanol–water partition coefficient (Wildman–Crippen LogP) is 6.06. The van der Waals surface area contributed by atoms with E-state index in [4.69, 9.17) is 0 Å². The van der Waals surface area contributed by atoms with E-state index in [0.717, 1.165) is 12.8 Å². The van der Waals surface area contributed by atoms with Gasteiger partial charge < -0.3 is 0 Å². The Balaban J connectivity index is 2.23. The van der Waals surface area contributed by atoms with Gasteiger partial charge in [-0.25, -0.2) is 8.42 Å². The normalized spacial score (nSPS) is 11.9. The van der Waals surface area contributed by atoms with Crippen LogP contribution in [0.25, 0.3) is 0 Å². The second kappa shape index (κ2) is 11.2. The van der Waals surface area contributed by atoms with Crippen LogP contribution in [-0.4, -0.2) is 8.42 Å². The number of sulfone groups is 1. The van der Waals surface area contributed by atoms with Crippen LogP contribution >= 0.6 is 0 Å². The second-order valence-electron chi connectivity index (χ2n) is 5.95. The minimum atomic E-state index is -3.43. The molecule has 0 heterocycles. The van der Waals surface area contributed by atoms with E-state index in [2.05, 4.69) is 13.5 Å². The molecule has 0 amide bonds. The highest BCUT2D eigenvalue weighted by Crippen LogP contribution is 2.18. The van der Waals surface area contributed by atoms with Crippen LogP contribution in [0.3, 0.4) is 0 Å². The fourth-order valence-corrected chi connectivity index (χ4v) is 3.55. The Morgan fingerprint density at radius 1 is 0.957 bits per heavy atom. The summed E-state index contributed by atoms with van der Waals surface area (Å²) in [6.07, 6.45) is 14.8. The quantitative estimate of drug-likeness (QED) is 0.344. The molecule has 0 aliphatic rings. The summed E-state index contributed by atoms with van der Waals surface area (Å²) in [4.78, 5) is 0.477. The third-order valence-corrected chi connectivity index (χ3v) is 5.65. The molecule has 1 aromatic rings. The SMILES string of the molecule is C=C(/C=C/CCCCCCCCCC)S(=O)(=O)c1ccccc1. The molecule has 0 radical (unpaired) electrons. The van der Waals surface area contributed by atoms with Crippen LogP contribution in [0, 0.1) is 0 Å². The lowest BCUT2D eigenvalue weighted by Gasteiger charge is -2.03. The van der Waals surface area contributed by atoms with Crippen molar-refractivity contribution in [2.75, 3.05) is 0 Å². The standard InChI is InChI=1S/C20H30O2S/c1-3-4-5-6-7-8-9-10-11-13-16-19(2)23(21,22)20-17-14-12-15-18-20/h12-18H,2-11H2,1H3/b16-13+. The average molecular weight is 335 g/mol. The topological polar surface area (TPSA) is 34.1 Å². The zero-order valence-electron chi connectivity index (χ0n) is 14.3. The van der Waals surface area contributed by atoms with Crippen molar-refractivity contribution >= 4 is 9.84 Å². The van der Waals surface area contributed by atoms with Crippen LogP contribution in [0.4, 0.5) is 0 Å². The fourth-order valence-electron chi connectivity index (χ4n) is 2.45. The Bertz CT molecular complexity index is 571. The van der Waals surface area contributed by atoms with Crippen molar-refractivity contribution < 1.29 is 8.42 Å². The molecule has 0 unspecified atom stereocenters. The molecule has 0 spiro atoms. The fraction of sp³-hybridized carbons (Fsp3) is 0.500. The Kier molecular flexibility index (Phi) is 9.61. The van der Waals surface area contributed by atoms with Crippen molar-refractivity contribution in [1.29, 1.82) is 0 Å². The molecule has 2 nitrogen and oxygen atoms in total. The Morgan fingerprint density at radius 3 is 2.13 bits per heavy atom. The largest absolute Gasteiger partial charge is 0.219 e. The van der Waals surface area contributed by atoms with E-state index in [1.54, 1.807) is 36.4 Å². The first kappa shape index (κ1) is 19.7. The predicted molar refractivity (Wildman–Crippen MR) is 99.1 cm³/mol.